The van der Waals surface area contributed by atoms with Crippen LogP contribution in [-0.2, 0) is 67.2 Å². The summed E-state index contributed by atoms with van der Waals surface area (Å²) in [6.45, 7) is 7.30. The molecule has 10 nitrogen and oxygen atoms in total. The zero-order valence-electron chi connectivity index (χ0n) is 28.6. The van der Waals surface area contributed by atoms with Crippen LogP contribution in [-0.4, -0.2) is 81.1 Å². The van der Waals surface area contributed by atoms with E-state index in [9.17, 15) is 0 Å². The highest BCUT2D eigenvalue weighted by molar-refractivity contribution is 5.15. The monoisotopic (exact) mass is 676 g/mol. The van der Waals surface area contributed by atoms with Crippen molar-refractivity contribution >= 4 is 0 Å². The summed E-state index contributed by atoms with van der Waals surface area (Å²) in [5.74, 6) is -0.971. The molecule has 7 rings (SSSR count). The quantitative estimate of drug-likeness (QED) is 0.223. The van der Waals surface area contributed by atoms with E-state index >= 15 is 0 Å². The molecule has 264 valence electrons. The van der Waals surface area contributed by atoms with E-state index in [1.165, 1.54) is 0 Å². The fourth-order valence-corrected chi connectivity index (χ4v) is 7.28. The van der Waals surface area contributed by atoms with E-state index in [4.69, 9.17) is 47.4 Å². The molecule has 0 bridgehead atoms. The molecule has 4 aliphatic rings. The standard InChI is InChI=1S/C39H48O10/c1-25-32(35-36(38(40-4)44-25)49-39(2,3)48-35)46-31-20-29-33(42-22-27-16-10-6-11-17-27)34(43-23-28-18-12-7-13-19-28)30(45-37(29)47-31)24-41-21-26-14-8-5-9-15-26/h5-19,25,29-38H,20-24H2,1-4H3/t25-,29+,30+,31+,32-,33+,34+,35+,36+,37+,38+/m0/s1. The maximum Gasteiger partial charge on any atom is 0.186 e. The number of hydrogen-bond donors (Lipinski definition) is 0. The van der Waals surface area contributed by atoms with Gasteiger partial charge in [0.1, 0.15) is 30.5 Å². The topological polar surface area (TPSA) is 92.3 Å². The van der Waals surface area contributed by atoms with Gasteiger partial charge in [-0.3, -0.25) is 0 Å². The number of ether oxygens (including phenoxy) is 10. The maximum absolute atomic E-state index is 6.78. The van der Waals surface area contributed by atoms with Gasteiger partial charge in [0.15, 0.2) is 24.7 Å². The molecule has 49 heavy (non-hydrogen) atoms. The largest absolute Gasteiger partial charge is 0.374 e. The summed E-state index contributed by atoms with van der Waals surface area (Å²) in [5.41, 5.74) is 3.22. The average molecular weight is 677 g/mol. The number of methoxy groups -OCH3 is 1. The Morgan fingerprint density at radius 1 is 0.673 bits per heavy atom. The Labute approximate surface area is 288 Å². The molecule has 4 saturated heterocycles. The fourth-order valence-electron chi connectivity index (χ4n) is 7.28. The summed E-state index contributed by atoms with van der Waals surface area (Å²) in [4.78, 5) is 0. The molecule has 4 fully saturated rings. The van der Waals surface area contributed by atoms with Crippen LogP contribution in [0.1, 0.15) is 43.9 Å². The molecule has 4 aliphatic heterocycles. The minimum atomic E-state index is -0.804. The van der Waals surface area contributed by atoms with Crippen molar-refractivity contribution in [3.8, 4) is 0 Å². The number of fused-ring (bicyclic) bond motifs is 2. The van der Waals surface area contributed by atoms with Gasteiger partial charge in [-0.15, -0.1) is 0 Å². The maximum atomic E-state index is 6.78. The first kappa shape index (κ1) is 34.7. The van der Waals surface area contributed by atoms with Crippen LogP contribution in [0.2, 0.25) is 0 Å². The van der Waals surface area contributed by atoms with Gasteiger partial charge in [0, 0.05) is 19.4 Å². The second kappa shape index (κ2) is 15.7. The van der Waals surface area contributed by atoms with Crippen molar-refractivity contribution in [2.45, 2.75) is 114 Å². The van der Waals surface area contributed by atoms with Gasteiger partial charge in [0.05, 0.1) is 38.6 Å². The van der Waals surface area contributed by atoms with E-state index in [1.807, 2.05) is 87.5 Å². The van der Waals surface area contributed by atoms with Crippen molar-refractivity contribution in [2.24, 2.45) is 5.92 Å². The van der Waals surface area contributed by atoms with E-state index in [0.29, 0.717) is 32.8 Å². The molecule has 3 aromatic rings. The van der Waals surface area contributed by atoms with Gasteiger partial charge < -0.3 is 47.4 Å². The normalized spacial score (nSPS) is 35.1. The smallest absolute Gasteiger partial charge is 0.186 e. The van der Waals surface area contributed by atoms with Gasteiger partial charge in [-0.05, 0) is 37.5 Å². The van der Waals surface area contributed by atoms with Gasteiger partial charge >= 0.3 is 0 Å². The van der Waals surface area contributed by atoms with Crippen LogP contribution in [0.15, 0.2) is 91.0 Å². The number of hydrogen-bond acceptors (Lipinski definition) is 10. The zero-order valence-corrected chi connectivity index (χ0v) is 28.6. The molecule has 0 radical (unpaired) electrons. The van der Waals surface area contributed by atoms with Crippen LogP contribution in [0.3, 0.4) is 0 Å². The molecule has 0 unspecified atom stereocenters. The van der Waals surface area contributed by atoms with Gasteiger partial charge in [0.25, 0.3) is 0 Å². The van der Waals surface area contributed by atoms with Crippen molar-refractivity contribution in [1.29, 1.82) is 0 Å². The summed E-state index contributed by atoms with van der Waals surface area (Å²) in [7, 11) is 1.61. The van der Waals surface area contributed by atoms with Gasteiger partial charge in [-0.2, -0.15) is 0 Å². The van der Waals surface area contributed by atoms with Crippen LogP contribution in [0.25, 0.3) is 0 Å². The molecule has 0 spiro atoms. The van der Waals surface area contributed by atoms with E-state index in [2.05, 4.69) is 24.3 Å². The predicted octanol–water partition coefficient (Wildman–Crippen LogP) is 5.76. The highest BCUT2D eigenvalue weighted by Gasteiger charge is 2.58. The lowest BCUT2D eigenvalue weighted by Crippen LogP contribution is -2.57. The molecule has 0 amide bonds. The minimum Gasteiger partial charge on any atom is -0.374 e. The Morgan fingerprint density at radius 3 is 1.86 bits per heavy atom. The molecule has 10 heteroatoms. The summed E-state index contributed by atoms with van der Waals surface area (Å²) in [5, 5.41) is 0. The summed E-state index contributed by atoms with van der Waals surface area (Å²) >= 11 is 0. The van der Waals surface area contributed by atoms with Crippen LogP contribution >= 0.6 is 0 Å². The molecule has 4 heterocycles. The molecular weight excluding hydrogens is 628 g/mol. The Kier molecular flexibility index (Phi) is 11.1. The second-order valence-electron chi connectivity index (χ2n) is 13.6. The lowest BCUT2D eigenvalue weighted by Gasteiger charge is -2.43. The lowest BCUT2D eigenvalue weighted by molar-refractivity contribution is -0.319. The van der Waals surface area contributed by atoms with Crippen molar-refractivity contribution in [3.63, 3.8) is 0 Å². The molecule has 0 saturated carbocycles. The van der Waals surface area contributed by atoms with Gasteiger partial charge in [0.2, 0.25) is 0 Å². The first-order chi connectivity index (χ1) is 23.9. The number of benzene rings is 3. The summed E-state index contributed by atoms with van der Waals surface area (Å²) in [6.07, 6.45) is -4.10. The Balaban J connectivity index is 1.11. The van der Waals surface area contributed by atoms with Crippen LogP contribution in [0.4, 0.5) is 0 Å². The van der Waals surface area contributed by atoms with E-state index in [-0.39, 0.29) is 18.1 Å². The Bertz CT molecular complexity index is 1440. The van der Waals surface area contributed by atoms with Gasteiger partial charge in [-0.1, -0.05) is 91.0 Å². The fraction of sp³-hybridized carbons (Fsp3) is 0.538. The molecular formula is C39H48O10. The Hall–Kier alpha value is -2.74. The summed E-state index contributed by atoms with van der Waals surface area (Å²) < 4.78 is 64.0. The molecule has 0 N–H and O–H groups in total. The molecule has 11 atom stereocenters. The first-order valence-corrected chi connectivity index (χ1v) is 17.3. The van der Waals surface area contributed by atoms with E-state index in [1.54, 1.807) is 7.11 Å². The Morgan fingerprint density at radius 2 is 1.24 bits per heavy atom. The third-order valence-corrected chi connectivity index (χ3v) is 9.59. The van der Waals surface area contributed by atoms with Gasteiger partial charge in [-0.25, -0.2) is 0 Å². The van der Waals surface area contributed by atoms with Crippen molar-refractivity contribution in [2.75, 3.05) is 13.7 Å². The van der Waals surface area contributed by atoms with Crippen molar-refractivity contribution in [3.05, 3.63) is 108 Å². The van der Waals surface area contributed by atoms with Crippen LogP contribution in [0, 0.1) is 5.92 Å². The van der Waals surface area contributed by atoms with Crippen molar-refractivity contribution < 1.29 is 47.4 Å². The third-order valence-electron chi connectivity index (χ3n) is 9.59. The highest BCUT2D eigenvalue weighted by Crippen LogP contribution is 2.44. The zero-order chi connectivity index (χ0) is 33.8. The predicted molar refractivity (Wildman–Crippen MR) is 178 cm³/mol. The number of rotatable bonds is 13. The second-order valence-corrected chi connectivity index (χ2v) is 13.6. The average Bonchev–Trinajstić information content (AvgIpc) is 3.68. The highest BCUT2D eigenvalue weighted by atomic mass is 16.8. The molecule has 0 aliphatic carbocycles. The molecule has 3 aromatic carbocycles. The van der Waals surface area contributed by atoms with Crippen LogP contribution < -0.4 is 0 Å². The summed E-state index contributed by atoms with van der Waals surface area (Å²) in [6, 6.07) is 30.4. The van der Waals surface area contributed by atoms with E-state index < -0.39 is 55.2 Å². The van der Waals surface area contributed by atoms with Crippen LogP contribution in [0.5, 0.6) is 0 Å². The van der Waals surface area contributed by atoms with Crippen molar-refractivity contribution in [1.82, 2.24) is 0 Å². The third kappa shape index (κ3) is 8.26. The van der Waals surface area contributed by atoms with E-state index in [0.717, 1.165) is 16.7 Å². The minimum absolute atomic E-state index is 0.167. The SMILES string of the molecule is CO[C@@H]1O[C@@H](C)[C@H](O[C@H]2C[C@H]3[C@@H](O2)O[C@H](COCc2ccccc2)[C@@H](OCc2ccccc2)[C@@H]3OCc2ccccc2)[C@H]2OC(C)(C)O[C@@H]12. The lowest BCUT2D eigenvalue weighted by atomic mass is 9.89. The first-order valence-electron chi connectivity index (χ1n) is 17.3. The molecule has 0 aromatic heterocycles.